The first-order valence-corrected chi connectivity index (χ1v) is 9.53. The van der Waals surface area contributed by atoms with Gasteiger partial charge in [-0.2, -0.15) is 5.10 Å². The van der Waals surface area contributed by atoms with Crippen LogP contribution in [-0.4, -0.2) is 49.0 Å². The predicted octanol–water partition coefficient (Wildman–Crippen LogP) is 3.44. The average Bonchev–Trinajstić information content (AvgIpc) is 3.19. The minimum absolute atomic E-state index is 0. The molecule has 0 unspecified atom stereocenters. The Kier molecular flexibility index (Phi) is 8.07. The van der Waals surface area contributed by atoms with Crippen molar-refractivity contribution < 1.29 is 9.53 Å². The van der Waals surface area contributed by atoms with Gasteiger partial charge in [0.05, 0.1) is 27.9 Å². The van der Waals surface area contributed by atoms with Crippen LogP contribution in [0.1, 0.15) is 15.4 Å². The number of aryl methyl sites for hydroxylation is 1. The fraction of sp³-hybridized carbons (Fsp3) is 0.333. The molecule has 2 aromatic heterocycles. The van der Waals surface area contributed by atoms with Gasteiger partial charge in [0, 0.05) is 32.1 Å². The number of para-hydroxylation sites is 1. The van der Waals surface area contributed by atoms with Gasteiger partial charge in [0.2, 0.25) is 0 Å². The number of carbonyl (C=O) groups is 1. The van der Waals surface area contributed by atoms with E-state index in [1.54, 1.807) is 11.8 Å². The van der Waals surface area contributed by atoms with Gasteiger partial charge < -0.3 is 15.4 Å². The molecule has 3 aromatic rings. The van der Waals surface area contributed by atoms with Crippen molar-refractivity contribution in [1.82, 2.24) is 20.4 Å². The monoisotopic (exact) mass is 428 g/mol. The predicted molar refractivity (Wildman–Crippen MR) is 113 cm³/mol. The zero-order valence-corrected chi connectivity index (χ0v) is 17.5. The third kappa shape index (κ3) is 5.00. The number of fused-ring (bicyclic) bond motifs is 1. The summed E-state index contributed by atoms with van der Waals surface area (Å²) in [6.45, 7) is 4.62. The first-order chi connectivity index (χ1) is 12.6. The molecule has 27 heavy (non-hydrogen) atoms. The van der Waals surface area contributed by atoms with Crippen LogP contribution in [0.4, 0.5) is 0 Å². The van der Waals surface area contributed by atoms with Gasteiger partial charge in [-0.25, -0.2) is 4.68 Å². The summed E-state index contributed by atoms with van der Waals surface area (Å²) in [5.41, 5.74) is 1.68. The number of ether oxygens (including phenoxy) is 1. The Hall–Kier alpha value is -1.64. The summed E-state index contributed by atoms with van der Waals surface area (Å²) in [7, 11) is 1.66. The SMILES string of the molecule is COCCNCCNC(=O)c1cc2c(C)nn(-c3ccccc3Cl)c2s1.Cl. The highest BCUT2D eigenvalue weighted by Crippen LogP contribution is 2.32. The summed E-state index contributed by atoms with van der Waals surface area (Å²) in [4.78, 5) is 14.0. The Labute approximate surface area is 173 Å². The zero-order valence-electron chi connectivity index (χ0n) is 15.1. The molecule has 0 fully saturated rings. The van der Waals surface area contributed by atoms with E-state index in [0.29, 0.717) is 29.6 Å². The van der Waals surface area contributed by atoms with Crippen molar-refractivity contribution >= 4 is 51.5 Å². The molecule has 0 spiro atoms. The maximum absolute atomic E-state index is 12.4. The number of nitrogens with one attached hydrogen (secondary N) is 2. The van der Waals surface area contributed by atoms with Gasteiger partial charge in [-0.1, -0.05) is 23.7 Å². The molecule has 0 atom stereocenters. The summed E-state index contributed by atoms with van der Waals surface area (Å²) >= 11 is 7.72. The van der Waals surface area contributed by atoms with E-state index in [9.17, 15) is 4.79 Å². The number of carbonyl (C=O) groups excluding carboxylic acids is 1. The van der Waals surface area contributed by atoms with Crippen LogP contribution in [0.25, 0.3) is 15.9 Å². The van der Waals surface area contributed by atoms with Gasteiger partial charge in [0.1, 0.15) is 4.83 Å². The molecule has 0 radical (unpaired) electrons. The van der Waals surface area contributed by atoms with Crippen LogP contribution in [0.15, 0.2) is 30.3 Å². The molecule has 1 aromatic carbocycles. The average molecular weight is 429 g/mol. The van der Waals surface area contributed by atoms with Crippen LogP contribution in [0.2, 0.25) is 5.02 Å². The minimum Gasteiger partial charge on any atom is -0.383 e. The summed E-state index contributed by atoms with van der Waals surface area (Å²) in [5.74, 6) is -0.0788. The molecule has 6 nitrogen and oxygen atoms in total. The number of nitrogens with zero attached hydrogens (tertiary/aromatic N) is 2. The zero-order chi connectivity index (χ0) is 18.5. The molecule has 3 rings (SSSR count). The first-order valence-electron chi connectivity index (χ1n) is 8.33. The minimum atomic E-state index is -0.0788. The van der Waals surface area contributed by atoms with Gasteiger partial charge >= 0.3 is 0 Å². The number of benzene rings is 1. The molecular formula is C18H22Cl2N4O2S. The van der Waals surface area contributed by atoms with Crippen molar-refractivity contribution in [3.05, 3.63) is 45.9 Å². The Balaban J connectivity index is 0.00000261. The van der Waals surface area contributed by atoms with E-state index in [0.717, 1.165) is 28.1 Å². The quantitative estimate of drug-likeness (QED) is 0.539. The summed E-state index contributed by atoms with van der Waals surface area (Å²) in [6.07, 6.45) is 0. The number of hydrogen-bond donors (Lipinski definition) is 2. The lowest BCUT2D eigenvalue weighted by Crippen LogP contribution is -2.32. The standard InChI is InChI=1S/C18H21ClN4O2S.ClH/c1-12-13-11-16(17(24)21-8-7-20-9-10-25-2)26-18(13)23(22-12)15-6-4-3-5-14(15)19;/h3-6,11,20H,7-10H2,1-2H3,(H,21,24);1H. The summed E-state index contributed by atoms with van der Waals surface area (Å²) < 4.78 is 6.77. The number of methoxy groups -OCH3 is 1. The van der Waals surface area contributed by atoms with Crippen LogP contribution in [0.5, 0.6) is 0 Å². The molecule has 9 heteroatoms. The molecule has 0 bridgehead atoms. The van der Waals surface area contributed by atoms with Crippen LogP contribution in [-0.2, 0) is 4.74 Å². The topological polar surface area (TPSA) is 68.2 Å². The summed E-state index contributed by atoms with van der Waals surface area (Å²) in [6, 6.07) is 9.44. The van der Waals surface area contributed by atoms with Gasteiger partial charge in [0.25, 0.3) is 5.91 Å². The van der Waals surface area contributed by atoms with Crippen molar-refractivity contribution in [3.63, 3.8) is 0 Å². The van der Waals surface area contributed by atoms with Crippen LogP contribution >= 0.6 is 35.3 Å². The van der Waals surface area contributed by atoms with Crippen molar-refractivity contribution in [2.45, 2.75) is 6.92 Å². The van der Waals surface area contributed by atoms with E-state index >= 15 is 0 Å². The highest BCUT2D eigenvalue weighted by Gasteiger charge is 2.17. The number of halogens is 2. The van der Waals surface area contributed by atoms with Gasteiger partial charge in [0.15, 0.2) is 0 Å². The Morgan fingerprint density at radius 1 is 1.30 bits per heavy atom. The molecule has 0 aliphatic rings. The largest absolute Gasteiger partial charge is 0.383 e. The molecule has 0 aliphatic carbocycles. The molecule has 1 amide bonds. The Morgan fingerprint density at radius 3 is 2.81 bits per heavy atom. The highest BCUT2D eigenvalue weighted by molar-refractivity contribution is 7.20. The number of rotatable bonds is 8. The van der Waals surface area contributed by atoms with E-state index < -0.39 is 0 Å². The molecule has 0 aliphatic heterocycles. The van der Waals surface area contributed by atoms with Gasteiger partial charge in [-0.05, 0) is 25.1 Å². The van der Waals surface area contributed by atoms with E-state index in [-0.39, 0.29) is 18.3 Å². The van der Waals surface area contributed by atoms with Crippen LogP contribution < -0.4 is 10.6 Å². The van der Waals surface area contributed by atoms with Gasteiger partial charge in [-0.15, -0.1) is 23.7 Å². The van der Waals surface area contributed by atoms with Gasteiger partial charge in [-0.3, -0.25) is 4.79 Å². The van der Waals surface area contributed by atoms with Crippen molar-refractivity contribution in [2.75, 3.05) is 33.4 Å². The van der Waals surface area contributed by atoms with Crippen LogP contribution in [0, 0.1) is 6.92 Å². The third-order valence-corrected chi connectivity index (χ3v) is 5.35. The number of hydrogen-bond acceptors (Lipinski definition) is 5. The third-order valence-electron chi connectivity index (χ3n) is 3.92. The lowest BCUT2D eigenvalue weighted by atomic mass is 10.3. The number of amides is 1. The smallest absolute Gasteiger partial charge is 0.261 e. The Morgan fingerprint density at radius 2 is 2.07 bits per heavy atom. The van der Waals surface area contributed by atoms with E-state index in [4.69, 9.17) is 16.3 Å². The fourth-order valence-electron chi connectivity index (χ4n) is 2.60. The summed E-state index contributed by atoms with van der Waals surface area (Å²) in [5, 5.41) is 12.3. The second-order valence-corrected chi connectivity index (χ2v) is 7.21. The van der Waals surface area contributed by atoms with Crippen molar-refractivity contribution in [3.8, 4) is 5.69 Å². The van der Waals surface area contributed by atoms with Crippen molar-refractivity contribution in [2.24, 2.45) is 0 Å². The molecule has 0 saturated carbocycles. The highest BCUT2D eigenvalue weighted by atomic mass is 35.5. The maximum Gasteiger partial charge on any atom is 0.261 e. The number of aromatic nitrogens is 2. The van der Waals surface area contributed by atoms with Crippen LogP contribution in [0.3, 0.4) is 0 Å². The van der Waals surface area contributed by atoms with E-state index in [2.05, 4.69) is 15.7 Å². The molecule has 2 N–H and O–H groups in total. The van der Waals surface area contributed by atoms with E-state index in [1.165, 1.54) is 11.3 Å². The maximum atomic E-state index is 12.4. The first kappa shape index (κ1) is 21.7. The molecule has 2 heterocycles. The molecular weight excluding hydrogens is 407 g/mol. The lowest BCUT2D eigenvalue weighted by Gasteiger charge is -2.06. The van der Waals surface area contributed by atoms with Crippen molar-refractivity contribution in [1.29, 1.82) is 0 Å². The second-order valence-electron chi connectivity index (χ2n) is 5.78. The normalized spacial score (nSPS) is 10.8. The lowest BCUT2D eigenvalue weighted by molar-refractivity contribution is 0.0958. The Bertz CT molecular complexity index is 910. The fourth-order valence-corrected chi connectivity index (χ4v) is 3.90. The number of thiophene rings is 1. The molecule has 146 valence electrons. The molecule has 0 saturated heterocycles. The van der Waals surface area contributed by atoms with E-state index in [1.807, 2.05) is 37.3 Å². The second kappa shape index (κ2) is 10.1.